The van der Waals surface area contributed by atoms with Gasteiger partial charge >= 0.3 is 0 Å². The predicted octanol–water partition coefficient (Wildman–Crippen LogP) is 2.62. The lowest BCUT2D eigenvalue weighted by atomic mass is 9.83. The second kappa shape index (κ2) is 3.03. The van der Waals surface area contributed by atoms with Crippen molar-refractivity contribution in [3.63, 3.8) is 0 Å². The summed E-state index contributed by atoms with van der Waals surface area (Å²) in [6, 6.07) is 6.31. The average Bonchev–Trinajstić information content (AvgIpc) is 2.84. The van der Waals surface area contributed by atoms with Crippen LogP contribution < -0.4 is 0 Å². The summed E-state index contributed by atoms with van der Waals surface area (Å²) >= 11 is 1.05. The molecule has 2 atom stereocenters. The molecule has 2 unspecified atom stereocenters. The van der Waals surface area contributed by atoms with E-state index in [0.29, 0.717) is 5.56 Å². The number of alkyl halides is 2. The molecule has 0 saturated carbocycles. The number of hydrogen-bond acceptors (Lipinski definition) is 3. The molecule has 2 nitrogen and oxygen atoms in total. The Bertz CT molecular complexity index is 517. The Morgan fingerprint density at radius 2 is 1.88 bits per heavy atom. The first-order valence-corrected chi connectivity index (χ1v) is 6.00. The van der Waals surface area contributed by atoms with Crippen molar-refractivity contribution in [1.29, 1.82) is 0 Å². The molecule has 5 heteroatoms. The van der Waals surface area contributed by atoms with Crippen molar-refractivity contribution in [2.75, 3.05) is 0 Å². The number of hydrogen-bond donors (Lipinski definition) is 2. The summed E-state index contributed by atoms with van der Waals surface area (Å²) in [5, 5.41) is 19.9. The lowest BCUT2D eigenvalue weighted by Gasteiger charge is -2.26. The van der Waals surface area contributed by atoms with Crippen LogP contribution in [0.2, 0.25) is 0 Å². The largest absolute Gasteiger partial charge is 0.508 e. The molecule has 3 rings (SSSR count). The molecule has 0 spiro atoms. The van der Waals surface area contributed by atoms with Crippen molar-refractivity contribution >= 4 is 11.8 Å². The topological polar surface area (TPSA) is 40.5 Å². The van der Waals surface area contributed by atoms with Gasteiger partial charge in [0.15, 0.2) is 0 Å². The molecule has 1 fully saturated rings. The molecule has 1 heterocycles. The molecule has 1 aromatic rings. The van der Waals surface area contributed by atoms with Gasteiger partial charge < -0.3 is 10.2 Å². The van der Waals surface area contributed by atoms with Crippen LogP contribution in [-0.4, -0.2) is 21.1 Å². The molecular formula is C12H10F2O2S. The highest BCUT2D eigenvalue weighted by Crippen LogP contribution is 2.75. The zero-order chi connectivity index (χ0) is 12.3. The fourth-order valence-electron chi connectivity index (χ4n) is 2.36. The van der Waals surface area contributed by atoms with Gasteiger partial charge in [-0.3, -0.25) is 0 Å². The minimum atomic E-state index is -2.95. The third-order valence-electron chi connectivity index (χ3n) is 3.24. The molecule has 1 saturated heterocycles. The summed E-state index contributed by atoms with van der Waals surface area (Å²) in [6.07, 6.45) is 1.38. The van der Waals surface area contributed by atoms with Gasteiger partial charge in [0.25, 0.3) is 5.92 Å². The lowest BCUT2D eigenvalue weighted by Crippen LogP contribution is -2.34. The Balaban J connectivity index is 2.11. The Labute approximate surface area is 101 Å². The summed E-state index contributed by atoms with van der Waals surface area (Å²) < 4.78 is 25.7. The van der Waals surface area contributed by atoms with Gasteiger partial charge in [0.1, 0.15) is 10.7 Å². The summed E-state index contributed by atoms with van der Waals surface area (Å²) in [7, 11) is 0. The van der Waals surface area contributed by atoms with E-state index in [1.807, 2.05) is 0 Å². The third-order valence-corrected chi connectivity index (χ3v) is 4.86. The predicted molar refractivity (Wildman–Crippen MR) is 61.0 cm³/mol. The summed E-state index contributed by atoms with van der Waals surface area (Å²) in [5.41, 5.74) is 0.372. The van der Waals surface area contributed by atoms with Crippen LogP contribution in [-0.2, 0) is 4.75 Å². The van der Waals surface area contributed by atoms with E-state index in [9.17, 15) is 19.0 Å². The van der Waals surface area contributed by atoms with E-state index < -0.39 is 22.0 Å². The van der Waals surface area contributed by atoms with Gasteiger partial charge in [-0.1, -0.05) is 18.2 Å². The maximum absolute atomic E-state index is 13.4. The van der Waals surface area contributed by atoms with Crippen LogP contribution in [0.25, 0.3) is 0 Å². The van der Waals surface area contributed by atoms with Gasteiger partial charge in [0.2, 0.25) is 0 Å². The molecule has 2 N–H and O–H groups in total. The van der Waals surface area contributed by atoms with E-state index in [1.54, 1.807) is 18.2 Å². The Kier molecular flexibility index (Phi) is 1.97. The molecule has 90 valence electrons. The van der Waals surface area contributed by atoms with Crippen LogP contribution in [0, 0.1) is 0 Å². The van der Waals surface area contributed by atoms with Gasteiger partial charge in [-0.25, -0.2) is 8.78 Å². The molecule has 0 aromatic heterocycles. The van der Waals surface area contributed by atoms with Crippen molar-refractivity contribution in [2.45, 2.75) is 22.0 Å². The molecule has 0 bridgehead atoms. The first-order valence-electron chi connectivity index (χ1n) is 5.18. The highest BCUT2D eigenvalue weighted by atomic mass is 32.2. The van der Waals surface area contributed by atoms with Crippen molar-refractivity contribution in [2.24, 2.45) is 0 Å². The minimum absolute atomic E-state index is 0.0537. The van der Waals surface area contributed by atoms with Crippen LogP contribution in [0.15, 0.2) is 36.4 Å². The number of thioether (sulfide) groups is 1. The second-order valence-corrected chi connectivity index (χ2v) is 5.94. The van der Waals surface area contributed by atoms with E-state index in [4.69, 9.17) is 0 Å². The van der Waals surface area contributed by atoms with Gasteiger partial charge in [-0.15, -0.1) is 11.8 Å². The molecule has 17 heavy (non-hydrogen) atoms. The van der Waals surface area contributed by atoms with Crippen LogP contribution in [0.5, 0.6) is 5.75 Å². The molecule has 2 aliphatic rings. The van der Waals surface area contributed by atoms with Crippen LogP contribution in [0.3, 0.4) is 0 Å². The molecular weight excluding hydrogens is 246 g/mol. The van der Waals surface area contributed by atoms with Crippen LogP contribution in [0.4, 0.5) is 8.78 Å². The standard InChI is InChI=1S/C12H10F2O2S/c13-10(14)5-6-12(16)11(7-10,17-12)8-3-1-2-4-9(8)15/h1-6,15-16H,7H2. The lowest BCUT2D eigenvalue weighted by molar-refractivity contribution is 0.00938. The van der Waals surface area contributed by atoms with E-state index in [0.717, 1.165) is 23.9 Å². The molecule has 1 aliphatic carbocycles. The number of phenols is 1. The highest BCUT2D eigenvalue weighted by Gasteiger charge is 2.73. The molecule has 0 radical (unpaired) electrons. The van der Waals surface area contributed by atoms with Crippen molar-refractivity contribution in [1.82, 2.24) is 0 Å². The van der Waals surface area contributed by atoms with Crippen molar-refractivity contribution < 1.29 is 19.0 Å². The van der Waals surface area contributed by atoms with Gasteiger partial charge in [0, 0.05) is 12.0 Å². The summed E-state index contributed by atoms with van der Waals surface area (Å²) in [4.78, 5) is -1.31. The smallest absolute Gasteiger partial charge is 0.268 e. The van der Waals surface area contributed by atoms with Gasteiger partial charge in [-0.2, -0.15) is 0 Å². The fraction of sp³-hybridized carbons (Fsp3) is 0.333. The average molecular weight is 256 g/mol. The number of benzene rings is 1. The van der Waals surface area contributed by atoms with E-state index in [1.165, 1.54) is 6.07 Å². The van der Waals surface area contributed by atoms with Crippen molar-refractivity contribution in [3.8, 4) is 5.75 Å². The number of rotatable bonds is 1. The maximum atomic E-state index is 13.4. The summed E-state index contributed by atoms with van der Waals surface area (Å²) in [5.74, 6) is -3.00. The second-order valence-electron chi connectivity index (χ2n) is 4.41. The Hall–Kier alpha value is -1.07. The number of aliphatic hydroxyl groups is 1. The maximum Gasteiger partial charge on any atom is 0.268 e. The monoisotopic (exact) mass is 256 g/mol. The summed E-state index contributed by atoms with van der Waals surface area (Å²) in [6.45, 7) is 0. The third kappa shape index (κ3) is 1.42. The molecule has 0 amide bonds. The van der Waals surface area contributed by atoms with Crippen LogP contribution in [0.1, 0.15) is 12.0 Å². The minimum Gasteiger partial charge on any atom is -0.508 e. The van der Waals surface area contributed by atoms with E-state index in [2.05, 4.69) is 0 Å². The molecule has 1 aliphatic heterocycles. The fourth-order valence-corrected chi connectivity index (χ4v) is 3.77. The van der Waals surface area contributed by atoms with Gasteiger partial charge in [0.05, 0.1) is 4.75 Å². The number of aromatic hydroxyl groups is 1. The Morgan fingerprint density at radius 3 is 2.59 bits per heavy atom. The normalized spacial score (nSPS) is 37.6. The zero-order valence-corrected chi connectivity index (χ0v) is 9.55. The number of halogens is 2. The Morgan fingerprint density at radius 1 is 1.18 bits per heavy atom. The first-order chi connectivity index (χ1) is 7.89. The SMILES string of the molecule is Oc1ccccc1C12CC(F)(F)C=CC1(O)S2. The number of allylic oxidation sites excluding steroid dienone is 1. The van der Waals surface area contributed by atoms with Crippen LogP contribution >= 0.6 is 11.8 Å². The van der Waals surface area contributed by atoms with Gasteiger partial charge in [-0.05, 0) is 18.2 Å². The quantitative estimate of drug-likeness (QED) is 0.599. The van der Waals surface area contributed by atoms with E-state index >= 15 is 0 Å². The van der Waals surface area contributed by atoms with Crippen molar-refractivity contribution in [3.05, 3.63) is 42.0 Å². The first kappa shape index (κ1) is 11.0. The molecule has 1 aromatic carbocycles. The zero-order valence-electron chi connectivity index (χ0n) is 8.73. The highest BCUT2D eigenvalue weighted by molar-refractivity contribution is 8.09. The number of phenolic OH excluding ortho intramolecular Hbond substituents is 1. The number of fused-ring (bicyclic) bond motifs is 1. The number of para-hydroxylation sites is 1. The van der Waals surface area contributed by atoms with E-state index in [-0.39, 0.29) is 5.75 Å².